The van der Waals surface area contributed by atoms with Crippen LogP contribution in [-0.4, -0.2) is 9.97 Å². The molecule has 1 aromatic heterocycles. The Hall–Kier alpha value is -1.45. The zero-order chi connectivity index (χ0) is 11.5. The van der Waals surface area contributed by atoms with Crippen LogP contribution in [0.1, 0.15) is 23.0 Å². The van der Waals surface area contributed by atoms with E-state index in [-0.39, 0.29) is 6.04 Å². The molecule has 0 spiro atoms. The minimum absolute atomic E-state index is 0.259. The van der Waals surface area contributed by atoms with E-state index in [0.717, 1.165) is 17.0 Å². The average Bonchev–Trinajstić information content (AvgIpc) is 2.30. The molecule has 2 rings (SSSR count). The SMILES string of the molecule is Cc1cnc(C(N)c2ccc(Cl)cc2)cn1. The smallest absolute Gasteiger partial charge is 0.0799 e. The molecule has 0 saturated carbocycles. The van der Waals surface area contributed by atoms with Gasteiger partial charge in [-0.3, -0.25) is 9.97 Å². The predicted molar refractivity (Wildman–Crippen MR) is 64.3 cm³/mol. The van der Waals surface area contributed by atoms with E-state index in [4.69, 9.17) is 17.3 Å². The summed E-state index contributed by atoms with van der Waals surface area (Å²) in [5.41, 5.74) is 8.68. The first kappa shape index (κ1) is 11.0. The second-order valence-electron chi connectivity index (χ2n) is 3.61. The first-order valence-corrected chi connectivity index (χ1v) is 5.34. The summed E-state index contributed by atoms with van der Waals surface area (Å²) in [6.45, 7) is 1.89. The van der Waals surface area contributed by atoms with E-state index >= 15 is 0 Å². The molecule has 1 unspecified atom stereocenters. The molecule has 0 fully saturated rings. The fourth-order valence-electron chi connectivity index (χ4n) is 1.40. The van der Waals surface area contributed by atoms with Crippen molar-refractivity contribution < 1.29 is 0 Å². The fraction of sp³-hybridized carbons (Fsp3) is 0.167. The van der Waals surface area contributed by atoms with E-state index < -0.39 is 0 Å². The standard InChI is InChI=1S/C12H12ClN3/c1-8-6-16-11(7-15-8)12(14)9-2-4-10(13)5-3-9/h2-7,12H,14H2,1H3. The van der Waals surface area contributed by atoms with Gasteiger partial charge in [-0.2, -0.15) is 0 Å². The van der Waals surface area contributed by atoms with Crippen molar-refractivity contribution in [2.24, 2.45) is 5.73 Å². The van der Waals surface area contributed by atoms with E-state index in [9.17, 15) is 0 Å². The van der Waals surface area contributed by atoms with Crippen LogP contribution in [-0.2, 0) is 0 Å². The zero-order valence-electron chi connectivity index (χ0n) is 8.89. The number of aromatic nitrogens is 2. The topological polar surface area (TPSA) is 51.8 Å². The van der Waals surface area contributed by atoms with Crippen LogP contribution in [0.3, 0.4) is 0 Å². The molecular formula is C12H12ClN3. The van der Waals surface area contributed by atoms with Gasteiger partial charge in [-0.25, -0.2) is 0 Å². The summed E-state index contributed by atoms with van der Waals surface area (Å²) < 4.78 is 0. The van der Waals surface area contributed by atoms with Crippen LogP contribution in [0.25, 0.3) is 0 Å². The molecule has 0 amide bonds. The third kappa shape index (κ3) is 2.38. The molecule has 3 nitrogen and oxygen atoms in total. The zero-order valence-corrected chi connectivity index (χ0v) is 9.65. The molecule has 0 saturated heterocycles. The lowest BCUT2D eigenvalue weighted by molar-refractivity contribution is 0.813. The van der Waals surface area contributed by atoms with Crippen molar-refractivity contribution in [2.75, 3.05) is 0 Å². The van der Waals surface area contributed by atoms with Gasteiger partial charge in [0.05, 0.1) is 23.6 Å². The van der Waals surface area contributed by atoms with E-state index in [2.05, 4.69) is 9.97 Å². The quantitative estimate of drug-likeness (QED) is 0.867. The molecule has 0 aliphatic carbocycles. The van der Waals surface area contributed by atoms with Crippen LogP contribution in [0.4, 0.5) is 0 Å². The van der Waals surface area contributed by atoms with Crippen molar-refractivity contribution in [1.82, 2.24) is 9.97 Å². The van der Waals surface area contributed by atoms with Crippen molar-refractivity contribution in [3.8, 4) is 0 Å². The Morgan fingerprint density at radius 2 is 1.81 bits per heavy atom. The third-order valence-electron chi connectivity index (χ3n) is 2.35. The lowest BCUT2D eigenvalue weighted by Crippen LogP contribution is -2.13. The minimum Gasteiger partial charge on any atom is -0.319 e. The Balaban J connectivity index is 2.28. The number of aryl methyl sites for hydroxylation is 1. The predicted octanol–water partition coefficient (Wildman–Crippen LogP) is 2.49. The molecule has 1 aromatic carbocycles. The maximum Gasteiger partial charge on any atom is 0.0799 e. The average molecular weight is 234 g/mol. The van der Waals surface area contributed by atoms with Crippen LogP contribution < -0.4 is 5.73 Å². The molecular weight excluding hydrogens is 222 g/mol. The van der Waals surface area contributed by atoms with Crippen LogP contribution in [0.5, 0.6) is 0 Å². The highest BCUT2D eigenvalue weighted by Gasteiger charge is 2.10. The van der Waals surface area contributed by atoms with Gasteiger partial charge in [0.15, 0.2) is 0 Å². The number of benzene rings is 1. The lowest BCUT2D eigenvalue weighted by atomic mass is 10.1. The monoisotopic (exact) mass is 233 g/mol. The van der Waals surface area contributed by atoms with Crippen LogP contribution in [0.15, 0.2) is 36.7 Å². The van der Waals surface area contributed by atoms with Crippen LogP contribution in [0, 0.1) is 6.92 Å². The molecule has 1 heterocycles. The summed E-state index contributed by atoms with van der Waals surface area (Å²) in [5, 5.41) is 0.700. The number of hydrogen-bond acceptors (Lipinski definition) is 3. The Kier molecular flexibility index (Phi) is 3.17. The maximum atomic E-state index is 6.07. The lowest BCUT2D eigenvalue weighted by Gasteiger charge is -2.11. The molecule has 0 radical (unpaired) electrons. The van der Waals surface area contributed by atoms with E-state index in [0.29, 0.717) is 5.02 Å². The summed E-state index contributed by atoms with van der Waals surface area (Å²) in [7, 11) is 0. The van der Waals surface area contributed by atoms with Crippen LogP contribution >= 0.6 is 11.6 Å². The fourth-order valence-corrected chi connectivity index (χ4v) is 1.53. The van der Waals surface area contributed by atoms with E-state index in [1.165, 1.54) is 0 Å². The largest absolute Gasteiger partial charge is 0.319 e. The van der Waals surface area contributed by atoms with Crippen molar-refractivity contribution >= 4 is 11.6 Å². The Morgan fingerprint density at radius 3 is 2.38 bits per heavy atom. The number of nitrogens with zero attached hydrogens (tertiary/aromatic N) is 2. The van der Waals surface area contributed by atoms with Gasteiger partial charge in [-0.05, 0) is 24.6 Å². The molecule has 2 aromatic rings. The number of nitrogens with two attached hydrogens (primary N) is 1. The second kappa shape index (κ2) is 4.60. The van der Waals surface area contributed by atoms with E-state index in [1.807, 2.05) is 31.2 Å². The van der Waals surface area contributed by atoms with Crippen molar-refractivity contribution in [3.63, 3.8) is 0 Å². The van der Waals surface area contributed by atoms with Gasteiger partial charge in [0.2, 0.25) is 0 Å². The molecule has 0 aliphatic heterocycles. The summed E-state index contributed by atoms with van der Waals surface area (Å²) in [4.78, 5) is 8.43. The van der Waals surface area contributed by atoms with Crippen molar-refractivity contribution in [3.05, 3.63) is 58.6 Å². The van der Waals surface area contributed by atoms with Gasteiger partial charge in [0, 0.05) is 11.2 Å². The van der Waals surface area contributed by atoms with Gasteiger partial charge in [-0.1, -0.05) is 23.7 Å². The molecule has 0 aliphatic rings. The van der Waals surface area contributed by atoms with Gasteiger partial charge in [-0.15, -0.1) is 0 Å². The highest BCUT2D eigenvalue weighted by Crippen LogP contribution is 2.19. The number of hydrogen-bond donors (Lipinski definition) is 1. The number of rotatable bonds is 2. The molecule has 4 heteroatoms. The Labute approximate surface area is 99.3 Å². The van der Waals surface area contributed by atoms with Gasteiger partial charge in [0.1, 0.15) is 0 Å². The highest BCUT2D eigenvalue weighted by atomic mass is 35.5. The van der Waals surface area contributed by atoms with Gasteiger partial charge >= 0.3 is 0 Å². The summed E-state index contributed by atoms with van der Waals surface area (Å²) in [6, 6.07) is 7.17. The van der Waals surface area contributed by atoms with Crippen molar-refractivity contribution in [1.29, 1.82) is 0 Å². The maximum absolute atomic E-state index is 6.07. The first-order chi connectivity index (χ1) is 7.66. The Bertz CT molecular complexity index is 419. The van der Waals surface area contributed by atoms with Crippen LogP contribution in [0.2, 0.25) is 5.02 Å². The van der Waals surface area contributed by atoms with Gasteiger partial charge in [0.25, 0.3) is 0 Å². The molecule has 16 heavy (non-hydrogen) atoms. The second-order valence-corrected chi connectivity index (χ2v) is 4.05. The highest BCUT2D eigenvalue weighted by molar-refractivity contribution is 6.30. The number of halogens is 1. The minimum atomic E-state index is -0.259. The first-order valence-electron chi connectivity index (χ1n) is 4.96. The normalized spacial score (nSPS) is 12.4. The van der Waals surface area contributed by atoms with Gasteiger partial charge < -0.3 is 5.73 Å². The summed E-state index contributed by atoms with van der Waals surface area (Å²) in [6.07, 6.45) is 3.42. The summed E-state index contributed by atoms with van der Waals surface area (Å²) in [5.74, 6) is 0. The van der Waals surface area contributed by atoms with Crippen molar-refractivity contribution in [2.45, 2.75) is 13.0 Å². The molecule has 1 atom stereocenters. The van der Waals surface area contributed by atoms with E-state index in [1.54, 1.807) is 12.4 Å². The Morgan fingerprint density at radius 1 is 1.12 bits per heavy atom. The molecule has 2 N–H and O–H groups in total. The molecule has 82 valence electrons. The molecule has 0 bridgehead atoms. The summed E-state index contributed by atoms with van der Waals surface area (Å²) >= 11 is 5.81. The third-order valence-corrected chi connectivity index (χ3v) is 2.60.